The molecule has 0 aliphatic heterocycles. The number of nitriles is 1. The van der Waals surface area contributed by atoms with Gasteiger partial charge in [0.15, 0.2) is 0 Å². The number of carbonyl (C=O) groups is 1. The fraction of sp³-hybridized carbons (Fsp3) is 0.0625. The van der Waals surface area contributed by atoms with Gasteiger partial charge in [-0.3, -0.25) is 9.78 Å². The average molecular weight is 296 g/mol. The van der Waals surface area contributed by atoms with E-state index in [4.69, 9.17) is 5.26 Å². The third kappa shape index (κ3) is 4.42. The molecular weight excluding hydrogens is 283 g/mol. The number of carbonyl (C=O) groups excluding carboxylic acids is 1. The van der Waals surface area contributed by atoms with E-state index in [1.807, 2.05) is 12.1 Å². The van der Waals surface area contributed by atoms with Crippen molar-refractivity contribution in [3.63, 3.8) is 0 Å². The van der Waals surface area contributed by atoms with Crippen molar-refractivity contribution in [2.45, 2.75) is 6.54 Å². The highest BCUT2D eigenvalue weighted by Gasteiger charge is 2.09. The van der Waals surface area contributed by atoms with Gasteiger partial charge in [0, 0.05) is 30.8 Å². The lowest BCUT2D eigenvalue weighted by molar-refractivity contribution is -0.112. The van der Waals surface area contributed by atoms with Crippen LogP contribution in [0.4, 0.5) is 10.1 Å². The Morgan fingerprint density at radius 2 is 2.09 bits per heavy atom. The van der Waals surface area contributed by atoms with E-state index in [0.717, 1.165) is 5.56 Å². The van der Waals surface area contributed by atoms with Crippen LogP contribution >= 0.6 is 0 Å². The van der Waals surface area contributed by atoms with Crippen molar-refractivity contribution in [3.05, 3.63) is 71.9 Å². The number of nitrogens with one attached hydrogen (secondary N) is 2. The summed E-state index contributed by atoms with van der Waals surface area (Å²) in [6.45, 7) is 0.447. The molecule has 110 valence electrons. The van der Waals surface area contributed by atoms with Crippen LogP contribution in [0.2, 0.25) is 0 Å². The van der Waals surface area contributed by atoms with Crippen molar-refractivity contribution < 1.29 is 9.18 Å². The monoisotopic (exact) mass is 296 g/mol. The highest BCUT2D eigenvalue weighted by Crippen LogP contribution is 2.09. The number of nitrogens with zero attached hydrogens (tertiary/aromatic N) is 2. The number of anilines is 1. The molecule has 0 unspecified atom stereocenters. The number of hydrogen-bond donors (Lipinski definition) is 2. The van der Waals surface area contributed by atoms with E-state index in [-0.39, 0.29) is 5.57 Å². The quantitative estimate of drug-likeness (QED) is 0.656. The standard InChI is InChI=1S/C16H13FN4O/c17-14-3-5-15(6-4-14)21-16(22)13(8-18)11-20-10-12-2-1-7-19-9-12/h1-7,9,11,20H,10H2,(H,21,22)/b13-11-. The summed E-state index contributed by atoms with van der Waals surface area (Å²) < 4.78 is 12.8. The molecule has 0 spiro atoms. The van der Waals surface area contributed by atoms with Crippen molar-refractivity contribution in [1.82, 2.24) is 10.3 Å². The highest BCUT2D eigenvalue weighted by atomic mass is 19.1. The van der Waals surface area contributed by atoms with Crippen LogP contribution in [-0.2, 0) is 11.3 Å². The molecule has 0 fully saturated rings. The van der Waals surface area contributed by atoms with E-state index in [2.05, 4.69) is 15.6 Å². The molecule has 0 aliphatic carbocycles. The summed E-state index contributed by atoms with van der Waals surface area (Å²) in [4.78, 5) is 15.9. The van der Waals surface area contributed by atoms with Crippen LogP contribution in [-0.4, -0.2) is 10.9 Å². The first-order valence-electron chi connectivity index (χ1n) is 6.48. The molecule has 0 aliphatic rings. The minimum atomic E-state index is -0.562. The van der Waals surface area contributed by atoms with Gasteiger partial charge in [0.25, 0.3) is 5.91 Å². The molecule has 0 atom stereocenters. The SMILES string of the molecule is N#C/C(=C/NCc1cccnc1)C(=O)Nc1ccc(F)cc1. The van der Waals surface area contributed by atoms with Crippen LogP contribution < -0.4 is 10.6 Å². The van der Waals surface area contributed by atoms with Crippen LogP contribution in [0.25, 0.3) is 0 Å². The molecule has 5 nitrogen and oxygen atoms in total. The Hall–Kier alpha value is -3.20. The molecule has 0 radical (unpaired) electrons. The summed E-state index contributed by atoms with van der Waals surface area (Å²) in [6, 6.07) is 10.8. The second-order valence-electron chi connectivity index (χ2n) is 4.37. The van der Waals surface area contributed by atoms with E-state index in [1.54, 1.807) is 18.5 Å². The molecule has 1 amide bonds. The normalized spacial score (nSPS) is 10.6. The summed E-state index contributed by atoms with van der Waals surface area (Å²) in [6.07, 6.45) is 4.69. The minimum Gasteiger partial charge on any atom is -0.386 e. The van der Waals surface area contributed by atoms with E-state index < -0.39 is 11.7 Å². The highest BCUT2D eigenvalue weighted by molar-refractivity contribution is 6.06. The molecule has 0 bridgehead atoms. The van der Waals surface area contributed by atoms with E-state index in [0.29, 0.717) is 12.2 Å². The first kappa shape index (κ1) is 15.2. The van der Waals surface area contributed by atoms with Gasteiger partial charge in [-0.15, -0.1) is 0 Å². The van der Waals surface area contributed by atoms with Crippen LogP contribution in [0.3, 0.4) is 0 Å². The molecule has 22 heavy (non-hydrogen) atoms. The lowest BCUT2D eigenvalue weighted by Gasteiger charge is -2.05. The van der Waals surface area contributed by atoms with E-state index >= 15 is 0 Å². The van der Waals surface area contributed by atoms with Crippen molar-refractivity contribution in [3.8, 4) is 6.07 Å². The van der Waals surface area contributed by atoms with Gasteiger partial charge >= 0.3 is 0 Å². The summed E-state index contributed by atoms with van der Waals surface area (Å²) in [7, 11) is 0. The van der Waals surface area contributed by atoms with Gasteiger partial charge < -0.3 is 10.6 Å². The molecule has 2 rings (SSSR count). The number of halogens is 1. The average Bonchev–Trinajstić information content (AvgIpc) is 2.54. The molecule has 2 aromatic rings. The second-order valence-corrected chi connectivity index (χ2v) is 4.37. The Kier molecular flexibility index (Phi) is 5.21. The third-order valence-electron chi connectivity index (χ3n) is 2.74. The fourth-order valence-electron chi connectivity index (χ4n) is 1.65. The summed E-state index contributed by atoms with van der Waals surface area (Å²) >= 11 is 0. The third-order valence-corrected chi connectivity index (χ3v) is 2.74. The Labute approximate surface area is 127 Å². The van der Waals surface area contributed by atoms with Gasteiger partial charge in [-0.2, -0.15) is 5.26 Å². The number of benzene rings is 1. The fourth-order valence-corrected chi connectivity index (χ4v) is 1.65. The molecule has 0 saturated heterocycles. The van der Waals surface area contributed by atoms with Gasteiger partial charge in [0.05, 0.1) is 0 Å². The lowest BCUT2D eigenvalue weighted by Crippen LogP contribution is -2.16. The zero-order chi connectivity index (χ0) is 15.8. The number of pyridine rings is 1. The van der Waals surface area contributed by atoms with Crippen molar-refractivity contribution in [2.24, 2.45) is 0 Å². The zero-order valence-corrected chi connectivity index (χ0v) is 11.6. The van der Waals surface area contributed by atoms with E-state index in [1.165, 1.54) is 30.5 Å². The molecule has 1 aromatic carbocycles. The summed E-state index contributed by atoms with van der Waals surface area (Å²) in [5.41, 5.74) is 1.27. The first-order valence-corrected chi connectivity index (χ1v) is 6.48. The van der Waals surface area contributed by atoms with Gasteiger partial charge in [0.2, 0.25) is 0 Å². The van der Waals surface area contributed by atoms with Gasteiger partial charge in [-0.1, -0.05) is 6.07 Å². The predicted octanol–water partition coefficient (Wildman–Crippen LogP) is 2.36. The van der Waals surface area contributed by atoms with Crippen LogP contribution in [0.1, 0.15) is 5.56 Å². The van der Waals surface area contributed by atoms with Crippen LogP contribution in [0.5, 0.6) is 0 Å². The summed E-state index contributed by atoms with van der Waals surface area (Å²) in [5, 5.41) is 14.4. The number of aromatic nitrogens is 1. The lowest BCUT2D eigenvalue weighted by atomic mass is 10.2. The van der Waals surface area contributed by atoms with Crippen LogP contribution in [0, 0.1) is 17.1 Å². The predicted molar refractivity (Wildman–Crippen MR) is 79.8 cm³/mol. The van der Waals surface area contributed by atoms with Crippen LogP contribution in [0.15, 0.2) is 60.6 Å². The van der Waals surface area contributed by atoms with Gasteiger partial charge in [0.1, 0.15) is 17.5 Å². The Morgan fingerprint density at radius 3 is 2.73 bits per heavy atom. The minimum absolute atomic E-state index is 0.0757. The Bertz CT molecular complexity index is 705. The number of amides is 1. The number of hydrogen-bond acceptors (Lipinski definition) is 4. The summed E-state index contributed by atoms with van der Waals surface area (Å²) in [5.74, 6) is -0.958. The van der Waals surface area contributed by atoms with Gasteiger partial charge in [-0.25, -0.2) is 4.39 Å². The Balaban J connectivity index is 1.95. The molecule has 2 N–H and O–H groups in total. The largest absolute Gasteiger partial charge is 0.386 e. The maximum Gasteiger partial charge on any atom is 0.267 e. The smallest absolute Gasteiger partial charge is 0.267 e. The maximum absolute atomic E-state index is 12.8. The van der Waals surface area contributed by atoms with Gasteiger partial charge in [-0.05, 0) is 35.9 Å². The molecule has 0 saturated carbocycles. The molecule has 1 heterocycles. The second kappa shape index (κ2) is 7.55. The zero-order valence-electron chi connectivity index (χ0n) is 11.6. The molecule has 1 aromatic heterocycles. The van der Waals surface area contributed by atoms with Crippen molar-refractivity contribution >= 4 is 11.6 Å². The topological polar surface area (TPSA) is 77.8 Å². The van der Waals surface area contributed by atoms with Crippen molar-refractivity contribution in [2.75, 3.05) is 5.32 Å². The Morgan fingerprint density at radius 1 is 1.32 bits per heavy atom. The van der Waals surface area contributed by atoms with E-state index in [9.17, 15) is 9.18 Å². The van der Waals surface area contributed by atoms with Crippen molar-refractivity contribution in [1.29, 1.82) is 5.26 Å². The maximum atomic E-state index is 12.8. The number of rotatable bonds is 5. The molecular formula is C16H13FN4O. The molecule has 6 heteroatoms. The first-order chi connectivity index (χ1) is 10.7.